The number of carbonyl (C=O) groups is 3. The van der Waals surface area contributed by atoms with Crippen LogP contribution in [0, 0.1) is 0 Å². The van der Waals surface area contributed by atoms with Crippen molar-refractivity contribution in [2.45, 2.75) is 37.0 Å². The fraction of sp³-hybridized carbons (Fsp3) is 0.375. The minimum Gasteiger partial charge on any atom is -0.481 e. The van der Waals surface area contributed by atoms with Gasteiger partial charge in [-0.1, -0.05) is 48.5 Å². The van der Waals surface area contributed by atoms with E-state index in [1.54, 1.807) is 5.32 Å². The first kappa shape index (κ1) is 26.0. The largest absolute Gasteiger partial charge is 0.481 e. The van der Waals surface area contributed by atoms with E-state index < -0.39 is 55.7 Å². The number of aliphatic carboxylic acids is 1. The van der Waals surface area contributed by atoms with Crippen LogP contribution in [0.2, 0.25) is 0 Å². The average Bonchev–Trinajstić information content (AvgIpc) is 3.13. The summed E-state index contributed by atoms with van der Waals surface area (Å²) in [5.74, 6) is -2.85. The van der Waals surface area contributed by atoms with Crippen molar-refractivity contribution in [3.05, 3.63) is 59.7 Å². The molecule has 11 heteroatoms. The van der Waals surface area contributed by atoms with Crippen molar-refractivity contribution in [1.82, 2.24) is 10.6 Å². The number of carbonyl (C=O) groups excluding carboxylic acids is 2. The quantitative estimate of drug-likeness (QED) is 0.466. The molecule has 2 amide bonds. The lowest BCUT2D eigenvalue weighted by Crippen LogP contribution is -2.55. The Morgan fingerprint density at radius 3 is 2.09 bits per heavy atom. The summed E-state index contributed by atoms with van der Waals surface area (Å²) in [6, 6.07) is 11.5. The molecule has 2 aromatic rings. The minimum atomic E-state index is -4.87. The van der Waals surface area contributed by atoms with Gasteiger partial charge in [0.2, 0.25) is 5.91 Å². The molecule has 0 aliphatic heterocycles. The molecule has 2 atom stereocenters. The fourth-order valence-electron chi connectivity index (χ4n) is 3.99. The van der Waals surface area contributed by atoms with Crippen LogP contribution in [-0.2, 0) is 19.1 Å². The third-order valence-electron chi connectivity index (χ3n) is 5.64. The van der Waals surface area contributed by atoms with Crippen LogP contribution in [0.5, 0.6) is 0 Å². The number of fused-ring (bicyclic) bond motifs is 3. The normalized spacial score (nSPS) is 14.4. The van der Waals surface area contributed by atoms with E-state index in [-0.39, 0.29) is 12.5 Å². The molecule has 188 valence electrons. The lowest BCUT2D eigenvalue weighted by atomic mass is 9.98. The third kappa shape index (κ3) is 6.50. The zero-order chi connectivity index (χ0) is 25.6. The molecule has 0 bridgehead atoms. The Hall–Kier alpha value is -3.60. The van der Waals surface area contributed by atoms with Crippen LogP contribution in [0.25, 0.3) is 11.1 Å². The molecule has 0 saturated carbocycles. The van der Waals surface area contributed by atoms with Gasteiger partial charge in [-0.25, -0.2) is 4.79 Å². The van der Waals surface area contributed by atoms with Crippen LogP contribution in [0.15, 0.2) is 48.5 Å². The first-order valence-corrected chi connectivity index (χ1v) is 10.8. The summed E-state index contributed by atoms with van der Waals surface area (Å²) >= 11 is 0. The summed E-state index contributed by atoms with van der Waals surface area (Å²) in [6.45, 7) is -0.468. The third-order valence-corrected chi connectivity index (χ3v) is 5.64. The first-order valence-electron chi connectivity index (χ1n) is 10.8. The van der Waals surface area contributed by atoms with Gasteiger partial charge < -0.3 is 25.2 Å². The van der Waals surface area contributed by atoms with E-state index in [0.717, 1.165) is 22.3 Å². The number of hydrogen-bond acceptors (Lipinski definition) is 5. The SMILES string of the molecule is COCC(NC(=O)OCC1c2ccccc2-c2ccccc21)C(=O)N[C@@H](CCC(=O)O)C(F)(F)F. The number of methoxy groups -OCH3 is 1. The van der Waals surface area contributed by atoms with Gasteiger partial charge in [-0.15, -0.1) is 0 Å². The smallest absolute Gasteiger partial charge is 0.408 e. The van der Waals surface area contributed by atoms with Gasteiger partial charge in [-0.05, 0) is 28.7 Å². The lowest BCUT2D eigenvalue weighted by Gasteiger charge is -2.24. The number of carboxylic acid groups (broad SMARTS) is 1. The van der Waals surface area contributed by atoms with Crippen molar-refractivity contribution < 1.29 is 42.1 Å². The van der Waals surface area contributed by atoms with Crippen LogP contribution in [-0.4, -0.2) is 61.7 Å². The van der Waals surface area contributed by atoms with Gasteiger partial charge in [-0.3, -0.25) is 9.59 Å². The standard InChI is InChI=1S/C24H25F3N2O6/c1-34-13-19(22(32)29-20(24(25,26)27)10-11-21(30)31)28-23(33)35-12-18-16-8-4-2-6-14(16)15-7-3-5-9-17(15)18/h2-9,18-20H,10-13H2,1H3,(H,28,33)(H,29,32)(H,30,31)/t19?,20-/m0/s1. The molecule has 0 heterocycles. The number of rotatable bonds is 10. The van der Waals surface area contributed by atoms with Gasteiger partial charge >= 0.3 is 18.2 Å². The molecular weight excluding hydrogens is 469 g/mol. The van der Waals surface area contributed by atoms with Crippen molar-refractivity contribution >= 4 is 18.0 Å². The van der Waals surface area contributed by atoms with Gasteiger partial charge in [0.05, 0.1) is 6.61 Å². The van der Waals surface area contributed by atoms with Crippen LogP contribution >= 0.6 is 0 Å². The van der Waals surface area contributed by atoms with Crippen LogP contribution in [0.3, 0.4) is 0 Å². The number of alkyl halides is 3. The monoisotopic (exact) mass is 494 g/mol. The van der Waals surface area contributed by atoms with Crippen molar-refractivity contribution in [3.63, 3.8) is 0 Å². The Morgan fingerprint density at radius 1 is 1.00 bits per heavy atom. The second kappa shape index (κ2) is 11.2. The van der Waals surface area contributed by atoms with Crippen LogP contribution in [0.1, 0.15) is 29.9 Å². The Labute approximate surface area is 199 Å². The van der Waals surface area contributed by atoms with E-state index in [9.17, 15) is 27.6 Å². The zero-order valence-corrected chi connectivity index (χ0v) is 18.8. The van der Waals surface area contributed by atoms with E-state index in [4.69, 9.17) is 14.6 Å². The van der Waals surface area contributed by atoms with Gasteiger partial charge in [-0.2, -0.15) is 13.2 Å². The molecule has 3 N–H and O–H groups in total. The number of nitrogens with one attached hydrogen (secondary N) is 2. The average molecular weight is 494 g/mol. The van der Waals surface area contributed by atoms with E-state index in [1.807, 2.05) is 48.5 Å². The number of ether oxygens (including phenoxy) is 2. The lowest BCUT2D eigenvalue weighted by molar-refractivity contribution is -0.165. The molecule has 3 rings (SSSR count). The highest BCUT2D eigenvalue weighted by Gasteiger charge is 2.41. The second-order valence-electron chi connectivity index (χ2n) is 8.01. The highest BCUT2D eigenvalue weighted by atomic mass is 19.4. The van der Waals surface area contributed by atoms with Gasteiger partial charge in [0.1, 0.15) is 18.7 Å². The molecule has 0 saturated heterocycles. The van der Waals surface area contributed by atoms with Gasteiger partial charge in [0.25, 0.3) is 0 Å². The maximum Gasteiger partial charge on any atom is 0.408 e. The Kier molecular flexibility index (Phi) is 8.34. The number of carboxylic acids is 1. The van der Waals surface area contributed by atoms with E-state index in [1.165, 1.54) is 7.11 Å². The number of amides is 2. The molecule has 0 radical (unpaired) electrons. The molecule has 0 fully saturated rings. The summed E-state index contributed by atoms with van der Waals surface area (Å²) in [4.78, 5) is 35.6. The Bertz CT molecular complexity index is 1030. The maximum atomic E-state index is 13.2. The zero-order valence-electron chi connectivity index (χ0n) is 18.8. The van der Waals surface area contributed by atoms with Crippen molar-refractivity contribution in [2.24, 2.45) is 0 Å². The van der Waals surface area contributed by atoms with Crippen molar-refractivity contribution in [1.29, 1.82) is 0 Å². The summed E-state index contributed by atoms with van der Waals surface area (Å²) in [6.07, 6.45) is -7.51. The van der Waals surface area contributed by atoms with Crippen molar-refractivity contribution in [2.75, 3.05) is 20.3 Å². The number of alkyl carbamates (subject to hydrolysis) is 1. The van der Waals surface area contributed by atoms with Crippen LogP contribution in [0.4, 0.5) is 18.0 Å². The Morgan fingerprint density at radius 2 is 1.57 bits per heavy atom. The van der Waals surface area contributed by atoms with Crippen molar-refractivity contribution in [3.8, 4) is 11.1 Å². The highest BCUT2D eigenvalue weighted by molar-refractivity contribution is 5.86. The summed E-state index contributed by atoms with van der Waals surface area (Å²) in [5.41, 5.74) is 3.99. The predicted octanol–water partition coefficient (Wildman–Crippen LogP) is 3.45. The van der Waals surface area contributed by atoms with E-state index in [0.29, 0.717) is 0 Å². The summed E-state index contributed by atoms with van der Waals surface area (Å²) in [7, 11) is 1.21. The summed E-state index contributed by atoms with van der Waals surface area (Å²) < 4.78 is 49.9. The van der Waals surface area contributed by atoms with Gasteiger partial charge in [0, 0.05) is 19.4 Å². The summed E-state index contributed by atoms with van der Waals surface area (Å²) in [5, 5.41) is 12.7. The van der Waals surface area contributed by atoms with Crippen LogP contribution < -0.4 is 10.6 Å². The molecule has 35 heavy (non-hydrogen) atoms. The fourth-order valence-corrected chi connectivity index (χ4v) is 3.99. The molecule has 8 nitrogen and oxygen atoms in total. The van der Waals surface area contributed by atoms with E-state index in [2.05, 4.69) is 5.32 Å². The molecule has 1 aliphatic rings. The number of hydrogen-bond donors (Lipinski definition) is 3. The number of benzene rings is 2. The molecule has 0 aromatic heterocycles. The first-order chi connectivity index (χ1) is 16.6. The molecule has 1 unspecified atom stereocenters. The minimum absolute atomic E-state index is 0.0506. The van der Waals surface area contributed by atoms with E-state index >= 15 is 0 Å². The topological polar surface area (TPSA) is 114 Å². The predicted molar refractivity (Wildman–Crippen MR) is 119 cm³/mol. The van der Waals surface area contributed by atoms with Gasteiger partial charge in [0.15, 0.2) is 0 Å². The molecular formula is C24H25F3N2O6. The molecule has 2 aromatic carbocycles. The molecule has 1 aliphatic carbocycles. The number of halogens is 3. The highest BCUT2D eigenvalue weighted by Crippen LogP contribution is 2.44. The molecule has 0 spiro atoms. The second-order valence-corrected chi connectivity index (χ2v) is 8.01. The maximum absolute atomic E-state index is 13.2. The Balaban J connectivity index is 1.64.